The van der Waals surface area contributed by atoms with Crippen molar-refractivity contribution in [3.05, 3.63) is 64.7 Å². The van der Waals surface area contributed by atoms with Gasteiger partial charge in [0.25, 0.3) is 5.91 Å². The largest absolute Gasteiger partial charge is 0.496 e. The zero-order valence-corrected chi connectivity index (χ0v) is 16.9. The van der Waals surface area contributed by atoms with Crippen molar-refractivity contribution < 1.29 is 9.53 Å². The van der Waals surface area contributed by atoms with Crippen molar-refractivity contribution >= 4 is 35.2 Å². The van der Waals surface area contributed by atoms with E-state index in [4.69, 9.17) is 4.74 Å². The first-order valence-electron chi connectivity index (χ1n) is 8.20. The summed E-state index contributed by atoms with van der Waals surface area (Å²) in [6.07, 6.45) is 3.65. The minimum atomic E-state index is -0.275. The molecular formula is C20H19N3O2S2. The summed E-state index contributed by atoms with van der Waals surface area (Å²) < 4.78 is 5.38. The van der Waals surface area contributed by atoms with E-state index in [9.17, 15) is 4.79 Å². The first-order valence-corrected chi connectivity index (χ1v) is 10.2. The maximum Gasteiger partial charge on any atom is 0.283 e. The van der Waals surface area contributed by atoms with Crippen LogP contribution in [0.1, 0.15) is 20.9 Å². The normalized spacial score (nSPS) is 10.9. The lowest BCUT2D eigenvalue weighted by Crippen LogP contribution is -2.17. The van der Waals surface area contributed by atoms with Crippen LogP contribution in [-0.4, -0.2) is 30.5 Å². The summed E-state index contributed by atoms with van der Waals surface area (Å²) in [5.74, 6) is 0.452. The molecule has 138 valence electrons. The van der Waals surface area contributed by atoms with Crippen molar-refractivity contribution in [1.29, 1.82) is 0 Å². The van der Waals surface area contributed by atoms with Crippen LogP contribution in [-0.2, 0) is 0 Å². The van der Waals surface area contributed by atoms with Gasteiger partial charge in [-0.3, -0.25) is 4.79 Å². The Morgan fingerprint density at radius 1 is 1.22 bits per heavy atom. The van der Waals surface area contributed by atoms with Crippen LogP contribution >= 0.6 is 23.1 Å². The molecule has 0 aliphatic heterocycles. The van der Waals surface area contributed by atoms with Crippen LogP contribution in [0.4, 0.5) is 0 Å². The SMILES string of the molecule is COc1ccccc1-c1nc(C)c(C(=O)NN=Cc2ccc(SC)cc2)s1. The quantitative estimate of drug-likeness (QED) is 0.375. The molecule has 1 heterocycles. The van der Waals surface area contributed by atoms with Gasteiger partial charge in [0.05, 0.1) is 24.6 Å². The molecule has 0 saturated carbocycles. The molecule has 3 rings (SSSR count). The Balaban J connectivity index is 1.73. The Morgan fingerprint density at radius 2 is 1.96 bits per heavy atom. The van der Waals surface area contributed by atoms with Crippen molar-refractivity contribution in [3.8, 4) is 16.3 Å². The van der Waals surface area contributed by atoms with E-state index in [2.05, 4.69) is 15.5 Å². The van der Waals surface area contributed by atoms with Crippen molar-refractivity contribution in [1.82, 2.24) is 10.4 Å². The van der Waals surface area contributed by atoms with Gasteiger partial charge in [0.1, 0.15) is 15.6 Å². The minimum absolute atomic E-state index is 0.275. The summed E-state index contributed by atoms with van der Waals surface area (Å²) >= 11 is 3.00. The number of carbonyl (C=O) groups excluding carboxylic acids is 1. The van der Waals surface area contributed by atoms with Gasteiger partial charge in [-0.2, -0.15) is 5.10 Å². The van der Waals surface area contributed by atoms with Gasteiger partial charge in [0.2, 0.25) is 0 Å². The number of hydrogen-bond acceptors (Lipinski definition) is 6. The molecule has 1 amide bonds. The summed E-state index contributed by atoms with van der Waals surface area (Å²) in [6, 6.07) is 15.6. The van der Waals surface area contributed by atoms with Crippen LogP contribution < -0.4 is 10.2 Å². The van der Waals surface area contributed by atoms with Crippen LogP contribution in [0.2, 0.25) is 0 Å². The van der Waals surface area contributed by atoms with E-state index >= 15 is 0 Å². The van der Waals surface area contributed by atoms with Gasteiger partial charge in [-0.15, -0.1) is 23.1 Å². The lowest BCUT2D eigenvalue weighted by molar-refractivity contribution is 0.0958. The van der Waals surface area contributed by atoms with Gasteiger partial charge in [0.15, 0.2) is 0 Å². The Morgan fingerprint density at radius 3 is 2.67 bits per heavy atom. The molecule has 0 unspecified atom stereocenters. The molecule has 1 aromatic heterocycles. The van der Waals surface area contributed by atoms with E-state index < -0.39 is 0 Å². The number of aromatic nitrogens is 1. The highest BCUT2D eigenvalue weighted by atomic mass is 32.2. The molecule has 0 atom stereocenters. The van der Waals surface area contributed by atoms with E-state index in [1.165, 1.54) is 16.2 Å². The lowest BCUT2D eigenvalue weighted by Gasteiger charge is -2.04. The highest BCUT2D eigenvalue weighted by molar-refractivity contribution is 7.98. The van der Waals surface area contributed by atoms with Crippen molar-refractivity contribution in [2.24, 2.45) is 5.10 Å². The number of nitrogens with one attached hydrogen (secondary N) is 1. The van der Waals surface area contributed by atoms with Crippen molar-refractivity contribution in [2.75, 3.05) is 13.4 Å². The lowest BCUT2D eigenvalue weighted by atomic mass is 10.2. The molecule has 0 radical (unpaired) electrons. The molecule has 7 heteroatoms. The number of hydrogen-bond donors (Lipinski definition) is 1. The number of thiazole rings is 1. The van der Waals surface area contributed by atoms with Gasteiger partial charge >= 0.3 is 0 Å². The summed E-state index contributed by atoms with van der Waals surface area (Å²) in [4.78, 5) is 18.7. The standard InChI is InChI=1S/C20H19N3O2S2/c1-13-18(27-20(22-13)16-6-4-5-7-17(16)25-2)19(24)23-21-12-14-8-10-15(26-3)11-9-14/h4-12H,1-3H3,(H,23,24). The number of rotatable bonds is 6. The van der Waals surface area contributed by atoms with Crippen LogP contribution in [0.15, 0.2) is 58.5 Å². The Kier molecular flexibility index (Phi) is 6.26. The number of benzene rings is 2. The molecule has 3 aromatic rings. The number of thioether (sulfide) groups is 1. The zero-order valence-electron chi connectivity index (χ0n) is 15.2. The second-order valence-electron chi connectivity index (χ2n) is 5.61. The van der Waals surface area contributed by atoms with Gasteiger partial charge in [0, 0.05) is 4.90 Å². The van der Waals surface area contributed by atoms with Gasteiger partial charge < -0.3 is 4.74 Å². The molecule has 0 bridgehead atoms. The molecule has 27 heavy (non-hydrogen) atoms. The number of ether oxygens (including phenoxy) is 1. The molecule has 0 aliphatic rings. The second kappa shape index (κ2) is 8.83. The average molecular weight is 398 g/mol. The number of hydrazone groups is 1. The molecule has 0 spiro atoms. The first kappa shape index (κ1) is 19.1. The Bertz CT molecular complexity index is 966. The average Bonchev–Trinajstić information content (AvgIpc) is 3.10. The third-order valence-electron chi connectivity index (χ3n) is 3.84. The fraction of sp³-hybridized carbons (Fsp3) is 0.150. The number of aryl methyl sites for hydroxylation is 1. The second-order valence-corrected chi connectivity index (χ2v) is 7.48. The highest BCUT2D eigenvalue weighted by Gasteiger charge is 2.17. The first-order chi connectivity index (χ1) is 13.1. The van der Waals surface area contributed by atoms with E-state index in [1.807, 2.05) is 61.7 Å². The topological polar surface area (TPSA) is 63.6 Å². The van der Waals surface area contributed by atoms with Gasteiger partial charge in [-0.1, -0.05) is 24.3 Å². The smallest absolute Gasteiger partial charge is 0.283 e. The molecule has 0 aliphatic carbocycles. The maximum absolute atomic E-state index is 12.5. The predicted octanol–water partition coefficient (Wildman–Crippen LogP) is 4.61. The molecule has 2 aromatic carbocycles. The van der Waals surface area contributed by atoms with E-state index in [0.29, 0.717) is 10.6 Å². The molecule has 0 fully saturated rings. The summed E-state index contributed by atoms with van der Waals surface area (Å²) in [6.45, 7) is 1.81. The minimum Gasteiger partial charge on any atom is -0.496 e. The van der Waals surface area contributed by atoms with E-state index in [-0.39, 0.29) is 5.91 Å². The van der Waals surface area contributed by atoms with E-state index in [1.54, 1.807) is 25.1 Å². The van der Waals surface area contributed by atoms with Crippen LogP contribution in [0, 0.1) is 6.92 Å². The summed E-state index contributed by atoms with van der Waals surface area (Å²) in [5, 5.41) is 4.80. The van der Waals surface area contributed by atoms with Gasteiger partial charge in [-0.05, 0) is 43.0 Å². The Hall–Kier alpha value is -2.64. The number of carbonyl (C=O) groups is 1. The van der Waals surface area contributed by atoms with Crippen molar-refractivity contribution in [2.45, 2.75) is 11.8 Å². The number of nitrogens with zero attached hydrogens (tertiary/aromatic N) is 2. The third kappa shape index (κ3) is 4.56. The predicted molar refractivity (Wildman–Crippen MR) is 112 cm³/mol. The van der Waals surface area contributed by atoms with E-state index in [0.717, 1.165) is 21.9 Å². The number of para-hydroxylation sites is 1. The summed E-state index contributed by atoms with van der Waals surface area (Å²) in [7, 11) is 1.62. The zero-order chi connectivity index (χ0) is 19.2. The van der Waals surface area contributed by atoms with Crippen molar-refractivity contribution in [3.63, 3.8) is 0 Å². The van der Waals surface area contributed by atoms with Crippen LogP contribution in [0.5, 0.6) is 5.75 Å². The molecule has 1 N–H and O–H groups in total. The summed E-state index contributed by atoms with van der Waals surface area (Å²) in [5.41, 5.74) is 5.03. The fourth-order valence-corrected chi connectivity index (χ4v) is 3.84. The molecule has 0 saturated heterocycles. The Labute approximate surface area is 166 Å². The molecular weight excluding hydrogens is 378 g/mol. The maximum atomic E-state index is 12.5. The fourth-order valence-electron chi connectivity index (χ4n) is 2.45. The van der Waals surface area contributed by atoms with Crippen LogP contribution in [0.25, 0.3) is 10.6 Å². The highest BCUT2D eigenvalue weighted by Crippen LogP contribution is 2.34. The van der Waals surface area contributed by atoms with Gasteiger partial charge in [-0.25, -0.2) is 10.4 Å². The monoisotopic (exact) mass is 397 g/mol. The third-order valence-corrected chi connectivity index (χ3v) is 5.77. The number of methoxy groups -OCH3 is 1. The molecule has 5 nitrogen and oxygen atoms in total. The number of amides is 1. The van der Waals surface area contributed by atoms with Crippen LogP contribution in [0.3, 0.4) is 0 Å².